The molecular weight excluding hydrogens is 264 g/mol. The number of benzene rings is 1. The largest absolute Gasteiger partial charge is 0.313 e. The molecule has 2 rings (SSSR count). The predicted molar refractivity (Wildman–Crippen MR) is 73.3 cm³/mol. The van der Waals surface area contributed by atoms with Gasteiger partial charge in [0.15, 0.2) is 0 Å². The Hall–Kier alpha value is -1.86. The van der Waals surface area contributed by atoms with Crippen molar-refractivity contribution in [2.45, 2.75) is 17.9 Å². The van der Waals surface area contributed by atoms with Crippen LogP contribution >= 0.6 is 0 Å². The fraction of sp³-hybridized carbons (Fsp3) is 0.250. The lowest BCUT2D eigenvalue weighted by Gasteiger charge is -2.12. The molecule has 0 saturated heterocycles. The normalized spacial score (nSPS) is 13.2. The first-order valence-corrected chi connectivity index (χ1v) is 7.30. The van der Waals surface area contributed by atoms with Crippen LogP contribution in [-0.2, 0) is 10.0 Å². The molecule has 1 aromatic heterocycles. The van der Waals surface area contributed by atoms with Gasteiger partial charge in [0.1, 0.15) is 0 Å². The van der Waals surface area contributed by atoms with Crippen molar-refractivity contribution in [1.82, 2.24) is 15.5 Å². The minimum atomic E-state index is -3.59. The van der Waals surface area contributed by atoms with Crippen molar-refractivity contribution < 1.29 is 8.42 Å². The molecule has 0 aliphatic heterocycles. The number of sulfonamides is 1. The molecule has 1 aromatic carbocycles. The zero-order valence-corrected chi connectivity index (χ0v) is 11.5. The molecule has 0 saturated carbocycles. The van der Waals surface area contributed by atoms with E-state index in [9.17, 15) is 8.42 Å². The van der Waals surface area contributed by atoms with E-state index >= 15 is 0 Å². The minimum Gasteiger partial charge on any atom is -0.313 e. The third kappa shape index (κ3) is 3.12. The zero-order valence-electron chi connectivity index (χ0n) is 10.7. The van der Waals surface area contributed by atoms with Crippen molar-refractivity contribution in [3.8, 4) is 0 Å². The molecule has 0 bridgehead atoms. The molecule has 2 aromatic rings. The quantitative estimate of drug-likeness (QED) is 0.774. The van der Waals surface area contributed by atoms with E-state index in [4.69, 9.17) is 0 Å². The van der Waals surface area contributed by atoms with Gasteiger partial charge in [0, 0.05) is 12.2 Å². The highest BCUT2D eigenvalue weighted by Gasteiger charge is 2.16. The summed E-state index contributed by atoms with van der Waals surface area (Å²) in [7, 11) is -1.76. The summed E-state index contributed by atoms with van der Waals surface area (Å²) >= 11 is 0. The van der Waals surface area contributed by atoms with Crippen LogP contribution in [0.15, 0.2) is 41.6 Å². The third-order valence-electron chi connectivity index (χ3n) is 2.85. The maximum absolute atomic E-state index is 12.2. The zero-order chi connectivity index (χ0) is 13.9. The number of hydrogen-bond acceptors (Lipinski definition) is 4. The highest BCUT2D eigenvalue weighted by Crippen LogP contribution is 2.19. The topological polar surface area (TPSA) is 86.9 Å². The summed E-state index contributed by atoms with van der Waals surface area (Å²) in [6.07, 6.45) is 2.90. The molecule has 102 valence electrons. The van der Waals surface area contributed by atoms with Crippen molar-refractivity contribution in [3.63, 3.8) is 0 Å². The van der Waals surface area contributed by atoms with Crippen molar-refractivity contribution in [2.75, 3.05) is 11.8 Å². The van der Waals surface area contributed by atoms with E-state index in [-0.39, 0.29) is 10.9 Å². The van der Waals surface area contributed by atoms with Gasteiger partial charge < -0.3 is 5.32 Å². The maximum Gasteiger partial charge on any atom is 0.262 e. The van der Waals surface area contributed by atoms with Crippen LogP contribution in [-0.4, -0.2) is 25.7 Å². The lowest BCUT2D eigenvalue weighted by Crippen LogP contribution is -2.15. The Balaban J connectivity index is 2.30. The maximum atomic E-state index is 12.2. The van der Waals surface area contributed by atoms with Gasteiger partial charge in [0.25, 0.3) is 10.0 Å². The molecule has 1 atom stereocenters. The molecule has 1 heterocycles. The van der Waals surface area contributed by atoms with E-state index in [1.54, 1.807) is 18.2 Å². The molecule has 6 nitrogen and oxygen atoms in total. The highest BCUT2D eigenvalue weighted by molar-refractivity contribution is 7.92. The Morgan fingerprint density at radius 3 is 2.79 bits per heavy atom. The molecule has 0 amide bonds. The number of hydrogen-bond donors (Lipinski definition) is 3. The summed E-state index contributed by atoms with van der Waals surface area (Å²) in [5.41, 5.74) is 1.32. The van der Waals surface area contributed by atoms with Crippen molar-refractivity contribution >= 4 is 15.7 Å². The van der Waals surface area contributed by atoms with E-state index in [0.29, 0.717) is 5.69 Å². The van der Waals surface area contributed by atoms with Crippen LogP contribution in [0, 0.1) is 0 Å². The molecule has 19 heavy (non-hydrogen) atoms. The van der Waals surface area contributed by atoms with Gasteiger partial charge in [0.2, 0.25) is 0 Å². The van der Waals surface area contributed by atoms with Crippen LogP contribution in [0.2, 0.25) is 0 Å². The molecule has 0 radical (unpaired) electrons. The number of aromatic amines is 1. The average Bonchev–Trinajstić information content (AvgIpc) is 2.90. The summed E-state index contributed by atoms with van der Waals surface area (Å²) < 4.78 is 26.8. The number of nitrogens with zero attached hydrogens (tertiary/aromatic N) is 1. The molecular formula is C12H16N4O2S. The van der Waals surface area contributed by atoms with Gasteiger partial charge in [-0.15, -0.1) is 0 Å². The monoisotopic (exact) mass is 280 g/mol. The Morgan fingerprint density at radius 1 is 1.37 bits per heavy atom. The predicted octanol–water partition coefficient (Wildman–Crippen LogP) is 1.49. The molecule has 0 aliphatic rings. The van der Waals surface area contributed by atoms with E-state index in [1.165, 1.54) is 12.4 Å². The summed E-state index contributed by atoms with van der Waals surface area (Å²) in [5.74, 6) is 0. The first-order valence-electron chi connectivity index (χ1n) is 5.82. The fourth-order valence-corrected chi connectivity index (χ4v) is 2.73. The van der Waals surface area contributed by atoms with E-state index in [2.05, 4.69) is 20.2 Å². The number of nitrogens with one attached hydrogen (secondary N) is 3. The second kappa shape index (κ2) is 5.41. The number of aromatic nitrogens is 2. The standard InChI is InChI=1S/C12H16N4O2S/c1-9(13-2)10-4-3-5-12(6-10)19(17,18)16-11-7-14-15-8-11/h3-9,13,16H,1-2H3,(H,14,15). The molecule has 0 spiro atoms. The van der Waals surface area contributed by atoms with Crippen LogP contribution in [0.25, 0.3) is 0 Å². The lowest BCUT2D eigenvalue weighted by molar-refractivity contribution is 0.600. The number of rotatable bonds is 5. The molecule has 0 fully saturated rings. The number of H-pyrrole nitrogens is 1. The van der Waals surface area contributed by atoms with Gasteiger partial charge >= 0.3 is 0 Å². The average molecular weight is 280 g/mol. The molecule has 3 N–H and O–H groups in total. The van der Waals surface area contributed by atoms with Crippen LogP contribution in [0.3, 0.4) is 0 Å². The second-order valence-electron chi connectivity index (χ2n) is 4.18. The van der Waals surface area contributed by atoms with Crippen LogP contribution in [0.5, 0.6) is 0 Å². The van der Waals surface area contributed by atoms with Crippen molar-refractivity contribution in [1.29, 1.82) is 0 Å². The first kappa shape index (κ1) is 13.6. The van der Waals surface area contributed by atoms with Crippen molar-refractivity contribution in [2.24, 2.45) is 0 Å². The van der Waals surface area contributed by atoms with Crippen LogP contribution in [0.4, 0.5) is 5.69 Å². The first-order chi connectivity index (χ1) is 9.03. The Morgan fingerprint density at radius 2 is 2.16 bits per heavy atom. The van der Waals surface area contributed by atoms with Crippen LogP contribution in [0.1, 0.15) is 18.5 Å². The summed E-state index contributed by atoms with van der Waals surface area (Å²) in [4.78, 5) is 0.230. The third-order valence-corrected chi connectivity index (χ3v) is 4.23. The Kier molecular flexibility index (Phi) is 3.87. The molecule has 1 unspecified atom stereocenters. The molecule has 0 aliphatic carbocycles. The lowest BCUT2D eigenvalue weighted by atomic mass is 10.1. The smallest absolute Gasteiger partial charge is 0.262 e. The second-order valence-corrected chi connectivity index (χ2v) is 5.86. The Bertz CT molecular complexity index is 638. The van der Waals surface area contributed by atoms with Crippen molar-refractivity contribution in [3.05, 3.63) is 42.2 Å². The van der Waals surface area contributed by atoms with Gasteiger partial charge in [-0.1, -0.05) is 12.1 Å². The van der Waals surface area contributed by atoms with Gasteiger partial charge in [0.05, 0.1) is 16.8 Å². The highest BCUT2D eigenvalue weighted by atomic mass is 32.2. The van der Waals surface area contributed by atoms with E-state index in [0.717, 1.165) is 5.56 Å². The van der Waals surface area contributed by atoms with E-state index in [1.807, 2.05) is 20.0 Å². The fourth-order valence-electron chi connectivity index (χ4n) is 1.64. The summed E-state index contributed by atoms with van der Waals surface area (Å²) in [6, 6.07) is 6.92. The SMILES string of the molecule is CNC(C)c1cccc(S(=O)(=O)Nc2cn[nH]c2)c1. The minimum absolute atomic E-state index is 0.0871. The Labute approximate surface area is 112 Å². The van der Waals surface area contributed by atoms with Crippen LogP contribution < -0.4 is 10.0 Å². The van der Waals surface area contributed by atoms with E-state index < -0.39 is 10.0 Å². The summed E-state index contributed by atoms with van der Waals surface area (Å²) in [6.45, 7) is 1.97. The van der Waals surface area contributed by atoms with Gasteiger partial charge in [-0.2, -0.15) is 5.10 Å². The number of anilines is 1. The summed E-state index contributed by atoms with van der Waals surface area (Å²) in [5, 5.41) is 9.33. The molecule has 7 heteroatoms. The van der Waals surface area contributed by atoms with Gasteiger partial charge in [-0.05, 0) is 31.7 Å². The van der Waals surface area contributed by atoms with Gasteiger partial charge in [-0.3, -0.25) is 9.82 Å². The van der Waals surface area contributed by atoms with Gasteiger partial charge in [-0.25, -0.2) is 8.42 Å².